The van der Waals surface area contributed by atoms with Crippen molar-refractivity contribution < 1.29 is 19.6 Å². The second kappa shape index (κ2) is 9.94. The number of fused-ring (bicyclic) bond motifs is 2. The zero-order valence-electron chi connectivity index (χ0n) is 23.4. The number of rotatable bonds is 8. The van der Waals surface area contributed by atoms with E-state index in [1.807, 2.05) is 12.2 Å². The highest BCUT2D eigenvalue weighted by Crippen LogP contribution is 2.49. The van der Waals surface area contributed by atoms with Crippen molar-refractivity contribution in [3.63, 3.8) is 0 Å². The van der Waals surface area contributed by atoms with E-state index < -0.39 is 12.0 Å². The van der Waals surface area contributed by atoms with Crippen molar-refractivity contribution in [1.29, 1.82) is 0 Å². The third-order valence-corrected chi connectivity index (χ3v) is 8.83. The summed E-state index contributed by atoms with van der Waals surface area (Å²) >= 11 is 0. The van der Waals surface area contributed by atoms with Crippen LogP contribution in [0.4, 0.5) is 11.4 Å². The molecule has 2 aromatic carbocycles. The molecule has 2 aromatic rings. The molecule has 0 amide bonds. The van der Waals surface area contributed by atoms with Crippen molar-refractivity contribution >= 4 is 22.9 Å². The Labute approximate surface area is 226 Å². The van der Waals surface area contributed by atoms with Gasteiger partial charge in [-0.15, -0.1) is 0 Å². The van der Waals surface area contributed by atoms with Gasteiger partial charge in [0.25, 0.3) is 0 Å². The van der Waals surface area contributed by atoms with Gasteiger partial charge in [0, 0.05) is 53.2 Å². The second-order valence-electron chi connectivity index (χ2n) is 11.8. The molecule has 2 atom stereocenters. The Kier molecular flexibility index (Phi) is 6.95. The van der Waals surface area contributed by atoms with Gasteiger partial charge >= 0.3 is 0 Å². The summed E-state index contributed by atoms with van der Waals surface area (Å²) in [5, 5.41) is 20.5. The molecule has 3 aliphatic rings. The zero-order valence-corrected chi connectivity index (χ0v) is 23.4. The number of hydrogen-bond acceptors (Lipinski definition) is 4. The Morgan fingerprint density at radius 1 is 0.947 bits per heavy atom. The van der Waals surface area contributed by atoms with Crippen LogP contribution in [-0.4, -0.2) is 52.1 Å². The maximum atomic E-state index is 13.6. The van der Waals surface area contributed by atoms with Gasteiger partial charge in [0.15, 0.2) is 11.5 Å². The van der Waals surface area contributed by atoms with E-state index in [1.54, 1.807) is 0 Å². The highest BCUT2D eigenvalue weighted by Gasteiger charge is 2.50. The molecule has 5 heteroatoms. The number of ketones is 1. The number of hydrogen-bond donors (Lipinski definition) is 2. The van der Waals surface area contributed by atoms with Gasteiger partial charge in [-0.2, -0.15) is 4.58 Å². The fraction of sp³-hybridized carbons (Fsp3) is 0.455. The Bertz CT molecular complexity index is 1350. The monoisotopic (exact) mass is 513 g/mol. The molecule has 1 saturated carbocycles. The number of carbonyl (C=O) groups excluding carboxylic acids is 1. The molecular formula is C33H41N2O3+. The van der Waals surface area contributed by atoms with Crippen molar-refractivity contribution in [2.24, 2.45) is 5.92 Å². The van der Waals surface area contributed by atoms with Gasteiger partial charge in [0.2, 0.25) is 5.69 Å². The topological polar surface area (TPSA) is 63.8 Å². The highest BCUT2D eigenvalue weighted by atomic mass is 16.3. The summed E-state index contributed by atoms with van der Waals surface area (Å²) in [5.41, 5.74) is 6.97. The summed E-state index contributed by atoms with van der Waals surface area (Å²) in [5.74, 6) is -0.542. The fourth-order valence-corrected chi connectivity index (χ4v) is 6.60. The van der Waals surface area contributed by atoms with Crippen LogP contribution in [-0.2, 0) is 15.6 Å². The average molecular weight is 514 g/mol. The van der Waals surface area contributed by atoms with Gasteiger partial charge in [-0.3, -0.25) is 4.79 Å². The number of aliphatic hydroxyl groups is 2. The molecule has 0 spiro atoms. The SMILES string of the molecule is CC[N+]1=C(C=C2C(=O)C(C=C3N(CCCCCO)c4ccccc4C3(C)C)C2O)C(C)(C)c2ccccc21. The summed E-state index contributed by atoms with van der Waals surface area (Å²) in [6.45, 7) is 12.7. The molecule has 2 unspecified atom stereocenters. The van der Waals surface area contributed by atoms with Crippen molar-refractivity contribution in [2.75, 3.05) is 24.6 Å². The first-order chi connectivity index (χ1) is 18.1. The van der Waals surface area contributed by atoms with Crippen LogP contribution in [0.3, 0.4) is 0 Å². The Balaban J connectivity index is 1.46. The van der Waals surface area contributed by atoms with E-state index in [9.17, 15) is 15.0 Å². The van der Waals surface area contributed by atoms with Gasteiger partial charge in [-0.25, -0.2) is 0 Å². The third kappa shape index (κ3) is 4.07. The van der Waals surface area contributed by atoms with Crippen LogP contribution in [0.25, 0.3) is 0 Å². The number of carbonyl (C=O) groups is 1. The summed E-state index contributed by atoms with van der Waals surface area (Å²) in [6, 6.07) is 16.8. The van der Waals surface area contributed by atoms with Crippen LogP contribution < -0.4 is 4.90 Å². The molecule has 0 aromatic heterocycles. The van der Waals surface area contributed by atoms with Crippen molar-refractivity contribution in [3.8, 4) is 0 Å². The largest absolute Gasteiger partial charge is 0.396 e. The number of benzene rings is 2. The first-order valence-corrected chi connectivity index (χ1v) is 14.0. The first-order valence-electron chi connectivity index (χ1n) is 14.0. The van der Waals surface area contributed by atoms with Crippen LogP contribution in [0.2, 0.25) is 0 Å². The molecule has 0 bridgehead atoms. The van der Waals surface area contributed by atoms with E-state index in [0.29, 0.717) is 5.57 Å². The molecule has 38 heavy (non-hydrogen) atoms. The van der Waals surface area contributed by atoms with Gasteiger partial charge in [-0.05, 0) is 51.7 Å². The Morgan fingerprint density at radius 2 is 1.63 bits per heavy atom. The van der Waals surface area contributed by atoms with Gasteiger partial charge < -0.3 is 15.1 Å². The minimum Gasteiger partial charge on any atom is -0.396 e. The normalized spacial score (nSPS) is 25.2. The minimum atomic E-state index is -0.823. The predicted octanol–water partition coefficient (Wildman–Crippen LogP) is 5.41. The van der Waals surface area contributed by atoms with Crippen molar-refractivity contribution in [3.05, 3.63) is 83.1 Å². The standard InChI is InChI=1S/C33H41N2O3/c1-6-34-26-16-10-8-14-24(26)32(2,3)28(34)20-22-30(37)23(31(22)38)21-29-33(4,5)25-15-9-11-17-27(25)35(29)18-12-7-13-19-36/h8-11,14-17,20-21,23,30,36-37H,6-7,12-13,18-19H2,1-5H3/q+1. The Morgan fingerprint density at radius 3 is 2.32 bits per heavy atom. The number of Topliss-reactive ketones (excluding diaryl/α,β-unsaturated/α-hetero) is 1. The molecule has 5 rings (SSSR count). The zero-order chi connectivity index (χ0) is 27.2. The van der Waals surface area contributed by atoms with Crippen LogP contribution >= 0.6 is 0 Å². The van der Waals surface area contributed by atoms with Crippen molar-refractivity contribution in [1.82, 2.24) is 0 Å². The average Bonchev–Trinajstić information content (AvgIpc) is 3.26. The maximum Gasteiger partial charge on any atom is 0.209 e. The van der Waals surface area contributed by atoms with Crippen LogP contribution in [0.5, 0.6) is 0 Å². The fourth-order valence-electron chi connectivity index (χ4n) is 6.60. The molecule has 0 radical (unpaired) electrons. The molecule has 2 aliphatic heterocycles. The van der Waals surface area contributed by atoms with Crippen molar-refractivity contribution in [2.45, 2.75) is 70.8 Å². The molecule has 0 saturated heterocycles. The smallest absolute Gasteiger partial charge is 0.209 e. The molecule has 200 valence electrons. The molecule has 1 aliphatic carbocycles. The molecule has 5 nitrogen and oxygen atoms in total. The lowest BCUT2D eigenvalue weighted by Crippen LogP contribution is -2.46. The van der Waals surface area contributed by atoms with E-state index in [-0.39, 0.29) is 23.2 Å². The number of anilines is 1. The number of para-hydroxylation sites is 2. The van der Waals surface area contributed by atoms with Gasteiger partial charge in [-0.1, -0.05) is 56.3 Å². The van der Waals surface area contributed by atoms with Gasteiger partial charge in [0.05, 0.1) is 17.4 Å². The van der Waals surface area contributed by atoms with Gasteiger partial charge in [0.1, 0.15) is 6.54 Å². The van der Waals surface area contributed by atoms with Crippen LogP contribution in [0.15, 0.2) is 72.0 Å². The lowest BCUT2D eigenvalue weighted by molar-refractivity contribution is -0.433. The molecule has 2 N–H and O–H groups in total. The number of unbranched alkanes of at least 4 members (excludes halogenated alkanes) is 2. The molecule has 1 fully saturated rings. The summed E-state index contributed by atoms with van der Waals surface area (Å²) < 4.78 is 2.26. The predicted molar refractivity (Wildman–Crippen MR) is 153 cm³/mol. The quantitative estimate of drug-likeness (QED) is 0.281. The maximum absolute atomic E-state index is 13.6. The summed E-state index contributed by atoms with van der Waals surface area (Å²) in [6.07, 6.45) is 5.84. The lowest BCUT2D eigenvalue weighted by Gasteiger charge is -2.35. The molecular weight excluding hydrogens is 472 g/mol. The number of nitrogens with zero attached hydrogens (tertiary/aromatic N) is 2. The summed E-state index contributed by atoms with van der Waals surface area (Å²) in [4.78, 5) is 15.9. The van der Waals surface area contributed by atoms with E-state index in [1.165, 1.54) is 22.5 Å². The Hall–Kier alpha value is -3.02. The van der Waals surface area contributed by atoms with Crippen LogP contribution in [0, 0.1) is 5.92 Å². The lowest BCUT2D eigenvalue weighted by atomic mass is 9.71. The van der Waals surface area contributed by atoms with Crippen LogP contribution in [0.1, 0.15) is 65.0 Å². The van der Waals surface area contributed by atoms with E-state index >= 15 is 0 Å². The third-order valence-electron chi connectivity index (χ3n) is 8.83. The minimum absolute atomic E-state index is 0.00676. The van der Waals surface area contributed by atoms with E-state index in [0.717, 1.165) is 43.8 Å². The van der Waals surface area contributed by atoms with E-state index in [4.69, 9.17) is 0 Å². The molecule has 2 heterocycles. The highest BCUT2D eigenvalue weighted by molar-refractivity contribution is 6.14. The second-order valence-corrected chi connectivity index (χ2v) is 11.8. The summed E-state index contributed by atoms with van der Waals surface area (Å²) in [7, 11) is 0. The number of allylic oxidation sites excluding steroid dienone is 2. The number of aliphatic hydroxyl groups excluding tert-OH is 2. The van der Waals surface area contributed by atoms with E-state index in [2.05, 4.69) is 92.6 Å². The first kappa shape index (κ1) is 26.6.